The number of rotatable bonds is 3. The molecule has 1 aliphatic rings. The molecule has 2 rings (SSSR count). The normalized spacial score (nSPS) is 17.5. The van der Waals surface area contributed by atoms with Gasteiger partial charge >= 0.3 is 0 Å². The molecule has 0 bridgehead atoms. The highest BCUT2D eigenvalue weighted by Gasteiger charge is 2.23. The minimum absolute atomic E-state index is 0.0652. The number of nitrogens with one attached hydrogen (secondary N) is 2. The monoisotopic (exact) mass is 258 g/mol. The van der Waals surface area contributed by atoms with Crippen LogP contribution in [0.15, 0.2) is 24.3 Å². The van der Waals surface area contributed by atoms with Gasteiger partial charge in [-0.1, -0.05) is 12.1 Å². The largest absolute Gasteiger partial charge is 0.324 e. The van der Waals surface area contributed by atoms with Crippen molar-refractivity contribution in [2.24, 2.45) is 0 Å². The first-order chi connectivity index (χ1) is 9.22. The second-order valence-corrected chi connectivity index (χ2v) is 4.61. The van der Waals surface area contributed by atoms with Crippen LogP contribution in [-0.4, -0.2) is 43.0 Å². The molecule has 0 spiro atoms. The Morgan fingerprint density at radius 2 is 2.11 bits per heavy atom. The molecule has 2 N–H and O–H groups in total. The van der Waals surface area contributed by atoms with Gasteiger partial charge in [-0.05, 0) is 19.1 Å². The zero-order chi connectivity index (χ0) is 13.7. The maximum absolute atomic E-state index is 12.2. The fourth-order valence-electron chi connectivity index (χ4n) is 2.16. The van der Waals surface area contributed by atoms with Crippen molar-refractivity contribution in [2.75, 3.05) is 31.5 Å². The smallest absolute Gasteiger partial charge is 0.241 e. The van der Waals surface area contributed by atoms with Gasteiger partial charge in [0.05, 0.1) is 17.3 Å². The summed E-state index contributed by atoms with van der Waals surface area (Å²) < 4.78 is 0. The minimum Gasteiger partial charge on any atom is -0.324 e. The Balaban J connectivity index is 2.02. The summed E-state index contributed by atoms with van der Waals surface area (Å²) in [5.41, 5.74) is 1.07. The van der Waals surface area contributed by atoms with E-state index in [1.54, 1.807) is 18.2 Å². The van der Waals surface area contributed by atoms with Gasteiger partial charge in [-0.2, -0.15) is 5.26 Å². The molecule has 0 aromatic heterocycles. The number of nitrogens with zero attached hydrogens (tertiary/aromatic N) is 2. The average molecular weight is 258 g/mol. The fraction of sp³-hybridized carbons (Fsp3) is 0.429. The zero-order valence-corrected chi connectivity index (χ0v) is 11.0. The highest BCUT2D eigenvalue weighted by molar-refractivity contribution is 5.95. The molecule has 1 aromatic carbocycles. The number of carbonyl (C=O) groups is 1. The lowest BCUT2D eigenvalue weighted by atomic mass is 10.1. The molecular formula is C14H18N4O. The minimum atomic E-state index is -0.186. The van der Waals surface area contributed by atoms with Gasteiger partial charge < -0.3 is 10.6 Å². The first-order valence-corrected chi connectivity index (χ1v) is 6.47. The summed E-state index contributed by atoms with van der Waals surface area (Å²) in [6.45, 7) is 5.46. The second-order valence-electron chi connectivity index (χ2n) is 4.61. The molecule has 1 aliphatic heterocycles. The molecule has 1 aromatic rings. The van der Waals surface area contributed by atoms with E-state index in [0.29, 0.717) is 11.3 Å². The summed E-state index contributed by atoms with van der Waals surface area (Å²) in [7, 11) is 0. The van der Waals surface area contributed by atoms with Crippen LogP contribution in [0.5, 0.6) is 0 Å². The Hall–Kier alpha value is -1.90. The maximum atomic E-state index is 12.2. The van der Waals surface area contributed by atoms with Crippen molar-refractivity contribution in [3.8, 4) is 6.07 Å². The van der Waals surface area contributed by atoms with Crippen LogP contribution in [0.2, 0.25) is 0 Å². The Morgan fingerprint density at radius 1 is 1.42 bits per heavy atom. The van der Waals surface area contributed by atoms with E-state index in [2.05, 4.69) is 21.6 Å². The third-order valence-electron chi connectivity index (χ3n) is 3.38. The molecule has 1 amide bonds. The van der Waals surface area contributed by atoms with Gasteiger partial charge in [-0.15, -0.1) is 0 Å². The molecule has 0 saturated carbocycles. The molecule has 1 atom stereocenters. The zero-order valence-electron chi connectivity index (χ0n) is 11.0. The van der Waals surface area contributed by atoms with E-state index in [4.69, 9.17) is 5.26 Å². The van der Waals surface area contributed by atoms with E-state index < -0.39 is 0 Å². The number of amides is 1. The third kappa shape index (κ3) is 3.31. The van der Waals surface area contributed by atoms with Gasteiger partial charge in [0.2, 0.25) is 5.91 Å². The van der Waals surface area contributed by atoms with Gasteiger partial charge in [0, 0.05) is 26.2 Å². The lowest BCUT2D eigenvalue weighted by Crippen LogP contribution is -2.51. The van der Waals surface area contributed by atoms with Crippen LogP contribution in [0.3, 0.4) is 0 Å². The van der Waals surface area contributed by atoms with Crippen LogP contribution in [0.1, 0.15) is 12.5 Å². The standard InChI is InChI=1S/C14H18N4O/c1-11(18-8-6-16-7-9-18)14(19)17-13-5-3-2-4-12(13)10-15/h2-5,11,16H,6-9H2,1H3,(H,17,19). The number of carbonyl (C=O) groups excluding carboxylic acids is 1. The topological polar surface area (TPSA) is 68.2 Å². The molecule has 1 heterocycles. The lowest BCUT2D eigenvalue weighted by molar-refractivity contribution is -0.120. The summed E-state index contributed by atoms with van der Waals surface area (Å²) >= 11 is 0. The van der Waals surface area contributed by atoms with Crippen molar-refractivity contribution in [3.05, 3.63) is 29.8 Å². The lowest BCUT2D eigenvalue weighted by Gasteiger charge is -2.31. The Bertz CT molecular complexity index is 488. The predicted molar refractivity (Wildman–Crippen MR) is 73.7 cm³/mol. The summed E-state index contributed by atoms with van der Waals surface area (Å²) in [6.07, 6.45) is 0. The summed E-state index contributed by atoms with van der Waals surface area (Å²) in [5, 5.41) is 15.1. The number of nitriles is 1. The van der Waals surface area contributed by atoms with Crippen LogP contribution >= 0.6 is 0 Å². The molecule has 19 heavy (non-hydrogen) atoms. The van der Waals surface area contributed by atoms with E-state index in [9.17, 15) is 4.79 Å². The van der Waals surface area contributed by atoms with Crippen molar-refractivity contribution >= 4 is 11.6 Å². The Morgan fingerprint density at radius 3 is 2.79 bits per heavy atom. The van der Waals surface area contributed by atoms with Gasteiger partial charge in [-0.25, -0.2) is 0 Å². The molecule has 0 aliphatic carbocycles. The quantitative estimate of drug-likeness (QED) is 0.841. The molecule has 100 valence electrons. The van der Waals surface area contributed by atoms with Gasteiger partial charge in [0.25, 0.3) is 0 Å². The highest BCUT2D eigenvalue weighted by Crippen LogP contribution is 2.14. The number of para-hydroxylation sites is 1. The van der Waals surface area contributed by atoms with Crippen molar-refractivity contribution in [2.45, 2.75) is 13.0 Å². The predicted octanol–water partition coefficient (Wildman–Crippen LogP) is 0.790. The van der Waals surface area contributed by atoms with E-state index in [0.717, 1.165) is 26.2 Å². The Labute approximate surface area is 113 Å². The summed E-state index contributed by atoms with van der Waals surface area (Å²) in [4.78, 5) is 14.3. The Kier molecular flexibility index (Phi) is 4.50. The average Bonchev–Trinajstić information content (AvgIpc) is 2.48. The van der Waals surface area contributed by atoms with Crippen molar-refractivity contribution in [1.29, 1.82) is 5.26 Å². The third-order valence-corrected chi connectivity index (χ3v) is 3.38. The van der Waals surface area contributed by atoms with Crippen LogP contribution < -0.4 is 10.6 Å². The number of piperazine rings is 1. The van der Waals surface area contributed by atoms with Crippen molar-refractivity contribution in [3.63, 3.8) is 0 Å². The number of hydrogen-bond acceptors (Lipinski definition) is 4. The van der Waals surface area contributed by atoms with Crippen LogP contribution in [-0.2, 0) is 4.79 Å². The number of anilines is 1. The van der Waals surface area contributed by atoms with Crippen molar-refractivity contribution < 1.29 is 4.79 Å². The van der Waals surface area contributed by atoms with Gasteiger partial charge in [0.1, 0.15) is 6.07 Å². The van der Waals surface area contributed by atoms with E-state index in [1.807, 2.05) is 13.0 Å². The molecule has 1 saturated heterocycles. The molecule has 1 fully saturated rings. The highest BCUT2D eigenvalue weighted by atomic mass is 16.2. The molecule has 5 heteroatoms. The SMILES string of the molecule is CC(C(=O)Nc1ccccc1C#N)N1CCNCC1. The van der Waals surface area contributed by atoms with Crippen LogP contribution in [0.4, 0.5) is 5.69 Å². The first-order valence-electron chi connectivity index (χ1n) is 6.47. The van der Waals surface area contributed by atoms with Gasteiger partial charge in [0.15, 0.2) is 0 Å². The molecular weight excluding hydrogens is 240 g/mol. The number of benzene rings is 1. The summed E-state index contributed by atoms with van der Waals surface area (Å²) in [5.74, 6) is -0.0652. The molecule has 1 unspecified atom stereocenters. The first kappa shape index (κ1) is 13.5. The van der Waals surface area contributed by atoms with E-state index >= 15 is 0 Å². The second kappa shape index (κ2) is 6.32. The van der Waals surface area contributed by atoms with Crippen molar-refractivity contribution in [1.82, 2.24) is 10.2 Å². The maximum Gasteiger partial charge on any atom is 0.241 e. The summed E-state index contributed by atoms with van der Waals surface area (Å²) in [6, 6.07) is 8.94. The van der Waals surface area contributed by atoms with Crippen LogP contribution in [0, 0.1) is 11.3 Å². The van der Waals surface area contributed by atoms with Gasteiger partial charge in [-0.3, -0.25) is 9.69 Å². The number of hydrogen-bond donors (Lipinski definition) is 2. The molecule has 5 nitrogen and oxygen atoms in total. The van der Waals surface area contributed by atoms with Crippen LogP contribution in [0.25, 0.3) is 0 Å². The van der Waals surface area contributed by atoms with E-state index in [1.165, 1.54) is 0 Å². The van der Waals surface area contributed by atoms with E-state index in [-0.39, 0.29) is 11.9 Å². The molecule has 0 radical (unpaired) electrons. The fourth-order valence-corrected chi connectivity index (χ4v) is 2.16.